The van der Waals surface area contributed by atoms with Gasteiger partial charge in [-0.2, -0.15) is 0 Å². The van der Waals surface area contributed by atoms with Crippen LogP contribution in [-0.2, 0) is 16.0 Å². The number of fused-ring (bicyclic) bond motifs is 1. The monoisotopic (exact) mass is 425 g/mol. The first-order valence-electron chi connectivity index (χ1n) is 7.43. The number of rotatable bonds is 3. The molecule has 1 unspecified atom stereocenters. The lowest BCUT2D eigenvalue weighted by Gasteiger charge is -2.24. The number of amides is 2. The highest BCUT2D eigenvalue weighted by Crippen LogP contribution is 2.21. The van der Waals surface area contributed by atoms with Gasteiger partial charge in [0.1, 0.15) is 11.9 Å². The molecule has 1 fully saturated rings. The van der Waals surface area contributed by atoms with Crippen molar-refractivity contribution in [3.63, 3.8) is 0 Å². The zero-order valence-corrected chi connectivity index (χ0v) is 14.8. The van der Waals surface area contributed by atoms with E-state index in [4.69, 9.17) is 0 Å². The Bertz CT molecular complexity index is 860. The lowest BCUT2D eigenvalue weighted by molar-refractivity contribution is -0.135. The number of hydrogen-bond acceptors (Lipinski definition) is 4. The normalized spacial score (nSPS) is 18.3. The number of imide groups is 1. The molecule has 120 valence electrons. The Kier molecular flexibility index (Phi) is 4.47. The number of alkyl halides is 1. The van der Waals surface area contributed by atoms with Crippen LogP contribution in [0.2, 0.25) is 0 Å². The molecule has 2 heterocycles. The first kappa shape index (κ1) is 16.1. The summed E-state index contributed by atoms with van der Waals surface area (Å²) in [5, 5.41) is 2.87. The molecule has 1 aromatic carbocycles. The summed E-state index contributed by atoms with van der Waals surface area (Å²) in [5.41, 5.74) is 1.39. The Morgan fingerprint density at radius 2 is 2.13 bits per heavy atom. The van der Waals surface area contributed by atoms with Gasteiger partial charge in [0.05, 0.1) is 10.9 Å². The molecule has 6 nitrogen and oxygen atoms in total. The second kappa shape index (κ2) is 6.38. The largest absolute Gasteiger partial charge is 0.295 e. The van der Waals surface area contributed by atoms with E-state index in [1.54, 1.807) is 6.92 Å². The van der Waals surface area contributed by atoms with Crippen molar-refractivity contribution in [2.24, 2.45) is 0 Å². The molecule has 7 heteroatoms. The predicted octanol–water partition coefficient (Wildman–Crippen LogP) is 1.66. The van der Waals surface area contributed by atoms with Gasteiger partial charge >= 0.3 is 0 Å². The van der Waals surface area contributed by atoms with Crippen molar-refractivity contribution in [2.75, 3.05) is 4.43 Å². The van der Waals surface area contributed by atoms with E-state index in [9.17, 15) is 14.4 Å². The summed E-state index contributed by atoms with van der Waals surface area (Å²) in [6, 6.07) is 4.96. The summed E-state index contributed by atoms with van der Waals surface area (Å²) in [6.07, 6.45) is 1.33. The number of carbonyl (C=O) groups excluding carboxylic acids is 2. The van der Waals surface area contributed by atoms with E-state index in [1.165, 1.54) is 4.57 Å². The zero-order valence-electron chi connectivity index (χ0n) is 12.6. The molecule has 0 radical (unpaired) electrons. The summed E-state index contributed by atoms with van der Waals surface area (Å²) in [6.45, 7) is 1.72. The van der Waals surface area contributed by atoms with E-state index in [0.717, 1.165) is 16.4 Å². The summed E-state index contributed by atoms with van der Waals surface area (Å²) in [5.74, 6) is -0.237. The standard InChI is InChI=1S/C16H16IN3O3/c1-9-18-11-4-2-3-10(7-8-17)14(11)16(23)20(9)12-5-6-13(21)19-15(12)22/h2-4,12H,5-8H2,1H3,(H,19,21,22). The number of hydrogen-bond donors (Lipinski definition) is 1. The average molecular weight is 425 g/mol. The molecule has 1 aliphatic heterocycles. The fraction of sp³-hybridized carbons (Fsp3) is 0.375. The van der Waals surface area contributed by atoms with Crippen LogP contribution in [0, 0.1) is 6.92 Å². The minimum absolute atomic E-state index is 0.206. The lowest BCUT2D eigenvalue weighted by atomic mass is 10.0. The van der Waals surface area contributed by atoms with Gasteiger partial charge in [-0.3, -0.25) is 24.3 Å². The van der Waals surface area contributed by atoms with E-state index >= 15 is 0 Å². The van der Waals surface area contributed by atoms with Gasteiger partial charge in [0.2, 0.25) is 11.8 Å². The highest BCUT2D eigenvalue weighted by Gasteiger charge is 2.30. The molecule has 0 aliphatic carbocycles. The number of nitrogens with zero attached hydrogens (tertiary/aromatic N) is 2. The first-order chi connectivity index (χ1) is 11.0. The van der Waals surface area contributed by atoms with Gasteiger partial charge in [-0.05, 0) is 31.4 Å². The number of carbonyl (C=O) groups is 2. The number of aryl methyl sites for hydroxylation is 2. The minimum atomic E-state index is -0.676. The van der Waals surface area contributed by atoms with Crippen LogP contribution in [0.15, 0.2) is 23.0 Å². The van der Waals surface area contributed by atoms with E-state index in [-0.39, 0.29) is 17.9 Å². The minimum Gasteiger partial charge on any atom is -0.295 e. The third-order valence-electron chi connectivity index (χ3n) is 4.08. The van der Waals surface area contributed by atoms with Crippen LogP contribution in [0.25, 0.3) is 10.9 Å². The van der Waals surface area contributed by atoms with Crippen LogP contribution in [-0.4, -0.2) is 25.8 Å². The molecule has 0 saturated carbocycles. The molecule has 2 amide bonds. The molecule has 1 N–H and O–H groups in total. The maximum absolute atomic E-state index is 13.0. The molecular formula is C16H16IN3O3. The SMILES string of the molecule is Cc1nc2cccc(CCI)c2c(=O)n1C1CCC(=O)NC1=O. The van der Waals surface area contributed by atoms with E-state index in [0.29, 0.717) is 23.1 Å². The van der Waals surface area contributed by atoms with Gasteiger partial charge in [0.15, 0.2) is 0 Å². The Balaban J connectivity index is 2.21. The van der Waals surface area contributed by atoms with Crippen molar-refractivity contribution in [3.8, 4) is 0 Å². The molecule has 1 aliphatic rings. The van der Waals surface area contributed by atoms with Crippen LogP contribution in [0.1, 0.15) is 30.3 Å². The number of aromatic nitrogens is 2. The molecule has 3 rings (SSSR count). The van der Waals surface area contributed by atoms with Gasteiger partial charge in [0.25, 0.3) is 5.56 Å². The fourth-order valence-electron chi connectivity index (χ4n) is 3.03. The lowest BCUT2D eigenvalue weighted by Crippen LogP contribution is -2.45. The van der Waals surface area contributed by atoms with Crippen LogP contribution in [0.3, 0.4) is 0 Å². The second-order valence-electron chi connectivity index (χ2n) is 5.55. The summed E-state index contributed by atoms with van der Waals surface area (Å²) < 4.78 is 2.32. The van der Waals surface area contributed by atoms with Crippen molar-refractivity contribution in [1.82, 2.24) is 14.9 Å². The third-order valence-corrected chi connectivity index (χ3v) is 4.62. The van der Waals surface area contributed by atoms with Crippen LogP contribution < -0.4 is 10.9 Å². The van der Waals surface area contributed by atoms with Crippen molar-refractivity contribution in [3.05, 3.63) is 39.9 Å². The molecule has 1 atom stereocenters. The maximum atomic E-state index is 13.0. The predicted molar refractivity (Wildman–Crippen MR) is 94.8 cm³/mol. The van der Waals surface area contributed by atoms with Crippen molar-refractivity contribution >= 4 is 45.3 Å². The topological polar surface area (TPSA) is 81.1 Å². The van der Waals surface area contributed by atoms with Gasteiger partial charge in [0, 0.05) is 10.8 Å². The molecule has 0 spiro atoms. The van der Waals surface area contributed by atoms with Crippen molar-refractivity contribution in [2.45, 2.75) is 32.2 Å². The van der Waals surface area contributed by atoms with Gasteiger partial charge in [-0.15, -0.1) is 0 Å². The quantitative estimate of drug-likeness (QED) is 0.461. The van der Waals surface area contributed by atoms with E-state index in [2.05, 4.69) is 32.9 Å². The van der Waals surface area contributed by atoms with Crippen LogP contribution >= 0.6 is 22.6 Å². The van der Waals surface area contributed by atoms with Gasteiger partial charge in [-0.1, -0.05) is 34.7 Å². The van der Waals surface area contributed by atoms with E-state index < -0.39 is 11.9 Å². The number of halogens is 1. The van der Waals surface area contributed by atoms with Crippen LogP contribution in [0.4, 0.5) is 0 Å². The summed E-state index contributed by atoms with van der Waals surface area (Å²) >= 11 is 2.27. The Morgan fingerprint density at radius 1 is 1.35 bits per heavy atom. The van der Waals surface area contributed by atoms with E-state index in [1.807, 2.05) is 18.2 Å². The Hall–Kier alpha value is -1.77. The number of benzene rings is 1. The molecule has 2 aromatic rings. The van der Waals surface area contributed by atoms with Crippen molar-refractivity contribution < 1.29 is 9.59 Å². The first-order valence-corrected chi connectivity index (χ1v) is 8.96. The van der Waals surface area contributed by atoms with Gasteiger partial charge in [-0.25, -0.2) is 4.98 Å². The highest BCUT2D eigenvalue weighted by atomic mass is 127. The molecule has 1 aromatic heterocycles. The summed E-state index contributed by atoms with van der Waals surface area (Å²) in [7, 11) is 0. The maximum Gasteiger partial charge on any atom is 0.262 e. The molecule has 0 bridgehead atoms. The number of piperidine rings is 1. The Morgan fingerprint density at radius 3 is 2.83 bits per heavy atom. The smallest absolute Gasteiger partial charge is 0.262 e. The fourth-order valence-corrected chi connectivity index (χ4v) is 3.61. The summed E-state index contributed by atoms with van der Waals surface area (Å²) in [4.78, 5) is 41.0. The Labute approximate surface area is 146 Å². The molecule has 23 heavy (non-hydrogen) atoms. The average Bonchev–Trinajstić information content (AvgIpc) is 2.49. The number of nitrogens with one attached hydrogen (secondary N) is 1. The second-order valence-corrected chi connectivity index (χ2v) is 6.63. The third kappa shape index (κ3) is 2.89. The van der Waals surface area contributed by atoms with Gasteiger partial charge < -0.3 is 0 Å². The molecular weight excluding hydrogens is 409 g/mol. The zero-order chi connectivity index (χ0) is 16.6. The van der Waals surface area contributed by atoms with Crippen LogP contribution in [0.5, 0.6) is 0 Å². The van der Waals surface area contributed by atoms with Crippen molar-refractivity contribution in [1.29, 1.82) is 0 Å². The molecule has 1 saturated heterocycles. The highest BCUT2D eigenvalue weighted by molar-refractivity contribution is 14.1.